The van der Waals surface area contributed by atoms with E-state index in [-0.39, 0.29) is 0 Å². The van der Waals surface area contributed by atoms with E-state index < -0.39 is 0 Å². The Morgan fingerprint density at radius 3 is 2.60 bits per heavy atom. The lowest BCUT2D eigenvalue weighted by molar-refractivity contribution is 0.170. The molecule has 2 aliphatic rings. The van der Waals surface area contributed by atoms with E-state index in [0.717, 1.165) is 17.4 Å². The zero-order valence-corrected chi connectivity index (χ0v) is 9.03. The number of para-hydroxylation sites is 1. The third kappa shape index (κ3) is 2.07. The fourth-order valence-electron chi connectivity index (χ4n) is 1.81. The van der Waals surface area contributed by atoms with Gasteiger partial charge in [-0.05, 0) is 31.9 Å². The fraction of sp³-hybridized carbons (Fsp3) is 0.500. The van der Waals surface area contributed by atoms with Crippen LogP contribution in [0.4, 0.5) is 0 Å². The SMILES string of the molecule is CN.c1cc2c(c(C3CC3)c1)OCCO2. The molecule has 0 radical (unpaired) electrons. The first kappa shape index (κ1) is 10.3. The van der Waals surface area contributed by atoms with E-state index >= 15 is 0 Å². The van der Waals surface area contributed by atoms with Crippen LogP contribution in [-0.4, -0.2) is 20.3 Å². The molecule has 1 saturated carbocycles. The van der Waals surface area contributed by atoms with Gasteiger partial charge in [0.1, 0.15) is 13.2 Å². The van der Waals surface area contributed by atoms with Gasteiger partial charge in [0, 0.05) is 5.56 Å². The maximum Gasteiger partial charge on any atom is 0.164 e. The second-order valence-corrected chi connectivity index (χ2v) is 3.65. The minimum atomic E-state index is 0.682. The van der Waals surface area contributed by atoms with Crippen molar-refractivity contribution in [1.82, 2.24) is 0 Å². The average molecular weight is 207 g/mol. The molecule has 0 amide bonds. The molecule has 0 spiro atoms. The summed E-state index contributed by atoms with van der Waals surface area (Å²) in [6.45, 7) is 1.37. The van der Waals surface area contributed by atoms with Gasteiger partial charge in [-0.15, -0.1) is 0 Å². The molecular weight excluding hydrogens is 190 g/mol. The Hall–Kier alpha value is -1.22. The van der Waals surface area contributed by atoms with Crippen LogP contribution in [0.2, 0.25) is 0 Å². The molecule has 1 aliphatic carbocycles. The van der Waals surface area contributed by atoms with Crippen LogP contribution in [-0.2, 0) is 0 Å². The number of ether oxygens (including phenoxy) is 2. The van der Waals surface area contributed by atoms with Gasteiger partial charge in [-0.1, -0.05) is 12.1 Å². The van der Waals surface area contributed by atoms with Gasteiger partial charge < -0.3 is 15.2 Å². The van der Waals surface area contributed by atoms with Gasteiger partial charge in [0.2, 0.25) is 0 Å². The van der Waals surface area contributed by atoms with Crippen molar-refractivity contribution in [3.8, 4) is 11.5 Å². The van der Waals surface area contributed by atoms with Crippen LogP contribution in [0.1, 0.15) is 24.3 Å². The summed E-state index contributed by atoms with van der Waals surface area (Å²) in [7, 11) is 1.50. The average Bonchev–Trinajstić information content (AvgIpc) is 3.15. The molecule has 1 heterocycles. The van der Waals surface area contributed by atoms with Crippen LogP contribution in [0.15, 0.2) is 18.2 Å². The van der Waals surface area contributed by atoms with Gasteiger partial charge in [-0.2, -0.15) is 0 Å². The minimum Gasteiger partial charge on any atom is -0.486 e. The molecule has 1 aromatic carbocycles. The topological polar surface area (TPSA) is 44.5 Å². The summed E-state index contributed by atoms with van der Waals surface area (Å²) in [5.74, 6) is 2.66. The van der Waals surface area contributed by atoms with E-state index in [1.165, 1.54) is 25.5 Å². The minimum absolute atomic E-state index is 0.682. The quantitative estimate of drug-likeness (QED) is 0.765. The second kappa shape index (κ2) is 4.53. The van der Waals surface area contributed by atoms with Crippen molar-refractivity contribution in [3.05, 3.63) is 23.8 Å². The molecule has 3 rings (SSSR count). The van der Waals surface area contributed by atoms with Crippen LogP contribution in [0.5, 0.6) is 11.5 Å². The standard InChI is InChI=1S/C11H12O2.CH5N/c1-2-9(8-4-5-8)11-10(3-1)12-6-7-13-11;1-2/h1-3,8H,4-7H2;2H2,1H3. The third-order valence-corrected chi connectivity index (χ3v) is 2.61. The highest BCUT2D eigenvalue weighted by molar-refractivity contribution is 5.50. The molecule has 0 saturated heterocycles. The number of rotatable bonds is 1. The molecule has 15 heavy (non-hydrogen) atoms. The van der Waals surface area contributed by atoms with Crippen LogP contribution in [0.25, 0.3) is 0 Å². The molecule has 2 N–H and O–H groups in total. The van der Waals surface area contributed by atoms with E-state index in [0.29, 0.717) is 13.2 Å². The second-order valence-electron chi connectivity index (χ2n) is 3.65. The van der Waals surface area contributed by atoms with Crippen LogP contribution >= 0.6 is 0 Å². The van der Waals surface area contributed by atoms with Crippen LogP contribution < -0.4 is 15.2 Å². The summed E-state index contributed by atoms with van der Waals surface area (Å²) >= 11 is 0. The van der Waals surface area contributed by atoms with Crippen molar-refractivity contribution in [1.29, 1.82) is 0 Å². The van der Waals surface area contributed by atoms with Gasteiger partial charge >= 0.3 is 0 Å². The van der Waals surface area contributed by atoms with Gasteiger partial charge in [-0.3, -0.25) is 0 Å². The number of hydrogen-bond acceptors (Lipinski definition) is 3. The number of nitrogens with two attached hydrogens (primary N) is 1. The fourth-order valence-corrected chi connectivity index (χ4v) is 1.81. The summed E-state index contributed by atoms with van der Waals surface area (Å²) in [4.78, 5) is 0. The van der Waals surface area contributed by atoms with Crippen molar-refractivity contribution in [2.45, 2.75) is 18.8 Å². The highest BCUT2D eigenvalue weighted by Crippen LogP contribution is 2.47. The highest BCUT2D eigenvalue weighted by atomic mass is 16.6. The summed E-state index contributed by atoms with van der Waals surface area (Å²) < 4.78 is 11.1. The first-order valence-corrected chi connectivity index (χ1v) is 5.41. The molecule has 1 aromatic rings. The van der Waals surface area contributed by atoms with Crippen molar-refractivity contribution in [2.24, 2.45) is 5.73 Å². The summed E-state index contributed by atoms with van der Waals surface area (Å²) in [6, 6.07) is 6.20. The number of hydrogen-bond donors (Lipinski definition) is 1. The zero-order chi connectivity index (χ0) is 10.7. The highest BCUT2D eigenvalue weighted by Gasteiger charge is 2.29. The molecule has 1 fully saturated rings. The molecule has 3 nitrogen and oxygen atoms in total. The molecule has 82 valence electrons. The Morgan fingerprint density at radius 2 is 1.87 bits per heavy atom. The lowest BCUT2D eigenvalue weighted by Gasteiger charge is -2.20. The molecule has 0 unspecified atom stereocenters. The molecule has 0 bridgehead atoms. The van der Waals surface area contributed by atoms with E-state index in [1.807, 2.05) is 6.07 Å². The van der Waals surface area contributed by atoms with Gasteiger partial charge in [0.25, 0.3) is 0 Å². The van der Waals surface area contributed by atoms with E-state index in [1.54, 1.807) is 0 Å². The molecular formula is C12H17NO2. The maximum absolute atomic E-state index is 5.63. The summed E-state index contributed by atoms with van der Waals surface area (Å²) in [5.41, 5.74) is 5.84. The Balaban J connectivity index is 0.000000404. The number of fused-ring (bicyclic) bond motifs is 1. The van der Waals surface area contributed by atoms with Gasteiger partial charge in [-0.25, -0.2) is 0 Å². The van der Waals surface area contributed by atoms with Crippen LogP contribution in [0.3, 0.4) is 0 Å². The molecule has 0 atom stereocenters. The Morgan fingerprint density at radius 1 is 1.13 bits per heavy atom. The monoisotopic (exact) mass is 207 g/mol. The van der Waals surface area contributed by atoms with Crippen molar-refractivity contribution >= 4 is 0 Å². The van der Waals surface area contributed by atoms with Crippen molar-refractivity contribution in [3.63, 3.8) is 0 Å². The molecule has 0 aromatic heterocycles. The zero-order valence-electron chi connectivity index (χ0n) is 9.03. The Labute approximate surface area is 90.2 Å². The first-order valence-electron chi connectivity index (χ1n) is 5.41. The lowest BCUT2D eigenvalue weighted by atomic mass is 10.1. The Bertz CT molecular complexity index is 334. The van der Waals surface area contributed by atoms with E-state index in [2.05, 4.69) is 17.9 Å². The van der Waals surface area contributed by atoms with Gasteiger partial charge in [0.15, 0.2) is 11.5 Å². The van der Waals surface area contributed by atoms with Crippen molar-refractivity contribution in [2.75, 3.05) is 20.3 Å². The summed E-state index contributed by atoms with van der Waals surface area (Å²) in [6.07, 6.45) is 2.61. The number of benzene rings is 1. The smallest absolute Gasteiger partial charge is 0.164 e. The molecule has 1 aliphatic heterocycles. The predicted molar refractivity (Wildman–Crippen MR) is 59.5 cm³/mol. The lowest BCUT2D eigenvalue weighted by Crippen LogP contribution is -2.16. The van der Waals surface area contributed by atoms with E-state index in [4.69, 9.17) is 9.47 Å². The van der Waals surface area contributed by atoms with Gasteiger partial charge in [0.05, 0.1) is 0 Å². The van der Waals surface area contributed by atoms with E-state index in [9.17, 15) is 0 Å². The largest absolute Gasteiger partial charge is 0.486 e. The summed E-state index contributed by atoms with van der Waals surface area (Å²) in [5, 5.41) is 0. The maximum atomic E-state index is 5.63. The van der Waals surface area contributed by atoms with Crippen LogP contribution in [0, 0.1) is 0 Å². The normalized spacial score (nSPS) is 17.7. The van der Waals surface area contributed by atoms with Crippen molar-refractivity contribution < 1.29 is 9.47 Å². The third-order valence-electron chi connectivity index (χ3n) is 2.61. The predicted octanol–water partition coefficient (Wildman–Crippen LogP) is 1.91. The Kier molecular flexibility index (Phi) is 3.11. The molecule has 3 heteroatoms. The first-order chi connectivity index (χ1) is 7.45.